The van der Waals surface area contributed by atoms with E-state index in [4.69, 9.17) is 9.94 Å². The number of amides is 4. The molecule has 1 atom stereocenters. The first-order valence-electron chi connectivity index (χ1n) is 11.7. The van der Waals surface area contributed by atoms with Crippen molar-refractivity contribution < 1.29 is 24.3 Å². The minimum absolute atomic E-state index is 0.190. The smallest absolute Gasteiger partial charge is 0.319 e. The van der Waals surface area contributed by atoms with Gasteiger partial charge in [-0.2, -0.15) is 0 Å². The lowest BCUT2D eigenvalue weighted by Gasteiger charge is -2.19. The molecule has 36 heavy (non-hydrogen) atoms. The lowest BCUT2D eigenvalue weighted by molar-refractivity contribution is -0.129. The van der Waals surface area contributed by atoms with Gasteiger partial charge in [0, 0.05) is 17.8 Å². The fraction of sp³-hybridized carbons (Fsp3) is 0.222. The lowest BCUT2D eigenvalue weighted by Crippen LogP contribution is -2.45. The molecule has 3 rings (SSSR count). The van der Waals surface area contributed by atoms with Crippen LogP contribution in [0.1, 0.15) is 32.1 Å². The third-order valence-corrected chi connectivity index (χ3v) is 5.28. The van der Waals surface area contributed by atoms with E-state index in [2.05, 4.69) is 16.0 Å². The maximum Gasteiger partial charge on any atom is 0.319 e. The van der Waals surface area contributed by atoms with Gasteiger partial charge in [0.25, 0.3) is 0 Å². The molecule has 3 aromatic rings. The molecule has 0 fully saturated rings. The summed E-state index contributed by atoms with van der Waals surface area (Å²) < 4.78 is 5.76. The van der Waals surface area contributed by atoms with Crippen LogP contribution in [0.3, 0.4) is 0 Å². The number of hydrogen-bond donors (Lipinski definition) is 5. The zero-order chi connectivity index (χ0) is 25.6. The van der Waals surface area contributed by atoms with E-state index in [0.717, 1.165) is 0 Å². The van der Waals surface area contributed by atoms with Crippen molar-refractivity contribution in [3.63, 3.8) is 0 Å². The number of rotatable bonds is 12. The molecule has 188 valence electrons. The van der Waals surface area contributed by atoms with Gasteiger partial charge in [-0.25, -0.2) is 10.3 Å². The van der Waals surface area contributed by atoms with Gasteiger partial charge in [-0.3, -0.25) is 14.8 Å². The van der Waals surface area contributed by atoms with E-state index in [9.17, 15) is 14.4 Å². The summed E-state index contributed by atoms with van der Waals surface area (Å²) in [6, 6.07) is 24.0. The minimum atomic E-state index is -0.780. The van der Waals surface area contributed by atoms with Gasteiger partial charge in [-0.05, 0) is 61.4 Å². The van der Waals surface area contributed by atoms with Gasteiger partial charge in [-0.1, -0.05) is 49.2 Å². The Morgan fingerprint density at radius 3 is 2.00 bits per heavy atom. The van der Waals surface area contributed by atoms with Gasteiger partial charge in [0.2, 0.25) is 11.8 Å². The van der Waals surface area contributed by atoms with Crippen LogP contribution in [0.2, 0.25) is 0 Å². The molecule has 0 radical (unpaired) electrons. The van der Waals surface area contributed by atoms with Crippen molar-refractivity contribution >= 4 is 29.2 Å². The van der Waals surface area contributed by atoms with Crippen LogP contribution in [-0.4, -0.2) is 29.1 Å². The molecule has 0 aliphatic heterocycles. The number of carbonyl (C=O) groups is 3. The number of unbranched alkanes of at least 4 members (excludes halogenated alkanes) is 2. The highest BCUT2D eigenvalue weighted by Gasteiger charge is 2.21. The Hall–Kier alpha value is -4.37. The van der Waals surface area contributed by atoms with Crippen LogP contribution in [0.5, 0.6) is 11.5 Å². The lowest BCUT2D eigenvalue weighted by atomic mass is 10.1. The Balaban J connectivity index is 1.55. The highest BCUT2D eigenvalue weighted by molar-refractivity contribution is 5.99. The molecule has 0 saturated carbocycles. The number of nitrogens with one attached hydrogen (secondary N) is 4. The van der Waals surface area contributed by atoms with E-state index >= 15 is 0 Å². The van der Waals surface area contributed by atoms with Crippen LogP contribution in [0, 0.1) is 0 Å². The molecular formula is C27H30N4O5. The fourth-order valence-corrected chi connectivity index (χ4v) is 3.44. The van der Waals surface area contributed by atoms with Gasteiger partial charge in [-0.15, -0.1) is 0 Å². The van der Waals surface area contributed by atoms with E-state index in [1.54, 1.807) is 41.9 Å². The summed E-state index contributed by atoms with van der Waals surface area (Å²) in [5.74, 6) is 0.546. The standard InChI is InChI=1S/C27H30N4O5/c32-25(31-35)15-9-3-8-14-24(26(33)28-20-10-4-1-5-11-20)30-27(34)29-21-16-18-23(19-17-21)36-22-12-6-2-7-13-22/h1-2,4-7,10-13,16-19,24,35H,3,8-9,14-15H2,(H,28,33)(H,31,32)(H2,29,30,34)/t24-/m0/s1. The van der Waals surface area contributed by atoms with Crippen LogP contribution in [0.15, 0.2) is 84.9 Å². The average Bonchev–Trinajstić information content (AvgIpc) is 2.90. The Bertz CT molecular complexity index is 1110. The molecule has 0 saturated heterocycles. The van der Waals surface area contributed by atoms with E-state index in [1.165, 1.54) is 0 Å². The first kappa shape index (κ1) is 26.2. The number of anilines is 2. The molecule has 0 aliphatic rings. The number of carbonyl (C=O) groups excluding carboxylic acids is 3. The predicted octanol–water partition coefficient (Wildman–Crippen LogP) is 5.06. The topological polar surface area (TPSA) is 129 Å². The van der Waals surface area contributed by atoms with Gasteiger partial charge in [0.05, 0.1) is 0 Å². The molecular weight excluding hydrogens is 460 g/mol. The molecule has 0 heterocycles. The molecule has 9 nitrogen and oxygen atoms in total. The Kier molecular flexibility index (Phi) is 10.3. The van der Waals surface area contributed by atoms with E-state index in [-0.39, 0.29) is 12.3 Å². The van der Waals surface area contributed by atoms with Crippen molar-refractivity contribution in [2.24, 2.45) is 0 Å². The average molecular weight is 491 g/mol. The zero-order valence-corrected chi connectivity index (χ0v) is 19.8. The summed E-state index contributed by atoms with van der Waals surface area (Å²) in [5, 5.41) is 16.9. The molecule has 3 aromatic carbocycles. The number of urea groups is 1. The minimum Gasteiger partial charge on any atom is -0.457 e. The van der Waals surface area contributed by atoms with Crippen LogP contribution in [-0.2, 0) is 9.59 Å². The summed E-state index contributed by atoms with van der Waals surface area (Å²) in [6.07, 6.45) is 2.40. The molecule has 9 heteroatoms. The van der Waals surface area contributed by atoms with Crippen LogP contribution < -0.4 is 26.2 Å². The second-order valence-electron chi connectivity index (χ2n) is 8.08. The number of hydrogen-bond acceptors (Lipinski definition) is 5. The molecule has 4 amide bonds. The van der Waals surface area contributed by atoms with Gasteiger partial charge >= 0.3 is 6.03 Å². The highest BCUT2D eigenvalue weighted by Crippen LogP contribution is 2.22. The van der Waals surface area contributed by atoms with Crippen LogP contribution in [0.4, 0.5) is 16.2 Å². The summed E-state index contributed by atoms with van der Waals surface area (Å²) in [4.78, 5) is 36.7. The van der Waals surface area contributed by atoms with E-state index in [0.29, 0.717) is 48.6 Å². The zero-order valence-electron chi connectivity index (χ0n) is 19.8. The molecule has 0 aromatic heterocycles. The van der Waals surface area contributed by atoms with Crippen molar-refractivity contribution in [3.05, 3.63) is 84.9 Å². The van der Waals surface area contributed by atoms with Crippen LogP contribution >= 0.6 is 0 Å². The maximum atomic E-state index is 12.9. The third kappa shape index (κ3) is 9.11. The molecule has 0 bridgehead atoms. The van der Waals surface area contributed by atoms with Crippen molar-refractivity contribution in [2.75, 3.05) is 10.6 Å². The van der Waals surface area contributed by atoms with Gasteiger partial charge < -0.3 is 20.7 Å². The number of benzene rings is 3. The highest BCUT2D eigenvalue weighted by atomic mass is 16.5. The first-order chi connectivity index (χ1) is 17.5. The summed E-state index contributed by atoms with van der Waals surface area (Å²) in [5.41, 5.74) is 2.77. The molecule has 5 N–H and O–H groups in total. The monoisotopic (exact) mass is 490 g/mol. The predicted molar refractivity (Wildman–Crippen MR) is 137 cm³/mol. The number of para-hydroxylation sites is 2. The third-order valence-electron chi connectivity index (χ3n) is 5.28. The van der Waals surface area contributed by atoms with Crippen LogP contribution in [0.25, 0.3) is 0 Å². The largest absolute Gasteiger partial charge is 0.457 e. The molecule has 0 unspecified atom stereocenters. The summed E-state index contributed by atoms with van der Waals surface area (Å²) >= 11 is 0. The fourth-order valence-electron chi connectivity index (χ4n) is 3.44. The molecule has 0 spiro atoms. The maximum absolute atomic E-state index is 12.9. The molecule has 0 aliphatic carbocycles. The summed E-state index contributed by atoms with van der Waals surface area (Å²) in [6.45, 7) is 0. The van der Waals surface area contributed by atoms with Gasteiger partial charge in [0.1, 0.15) is 17.5 Å². The second kappa shape index (κ2) is 14.1. The second-order valence-corrected chi connectivity index (χ2v) is 8.08. The summed E-state index contributed by atoms with van der Waals surface area (Å²) in [7, 11) is 0. The Labute approximate surface area is 209 Å². The number of ether oxygens (including phenoxy) is 1. The van der Waals surface area contributed by atoms with Crippen molar-refractivity contribution in [1.29, 1.82) is 0 Å². The van der Waals surface area contributed by atoms with Crippen molar-refractivity contribution in [1.82, 2.24) is 10.8 Å². The van der Waals surface area contributed by atoms with Crippen molar-refractivity contribution in [2.45, 2.75) is 38.1 Å². The quantitative estimate of drug-likeness (QED) is 0.138. The first-order valence-corrected chi connectivity index (χ1v) is 11.7. The Morgan fingerprint density at radius 1 is 0.722 bits per heavy atom. The SMILES string of the molecule is O=C(CCCCC[C@H](NC(=O)Nc1ccc(Oc2ccccc2)cc1)C(=O)Nc1ccccc1)NO. The van der Waals surface area contributed by atoms with Crippen molar-refractivity contribution in [3.8, 4) is 11.5 Å². The number of hydroxylamine groups is 1. The van der Waals surface area contributed by atoms with E-state index < -0.39 is 18.0 Å². The van der Waals surface area contributed by atoms with Gasteiger partial charge in [0.15, 0.2) is 0 Å². The normalized spacial score (nSPS) is 11.1. The van der Waals surface area contributed by atoms with E-state index in [1.807, 2.05) is 48.5 Å². The Morgan fingerprint density at radius 2 is 1.33 bits per heavy atom.